The van der Waals surface area contributed by atoms with Gasteiger partial charge in [-0.25, -0.2) is 5.06 Å². The van der Waals surface area contributed by atoms with E-state index in [9.17, 15) is 9.59 Å². The van der Waals surface area contributed by atoms with Gasteiger partial charge in [-0.3, -0.25) is 14.8 Å². The van der Waals surface area contributed by atoms with E-state index in [4.69, 9.17) is 10.3 Å². The number of amides is 2. The summed E-state index contributed by atoms with van der Waals surface area (Å²) in [5.74, 6) is -0.780. The van der Waals surface area contributed by atoms with E-state index in [0.29, 0.717) is 16.2 Å². The Labute approximate surface area is 105 Å². The lowest BCUT2D eigenvalue weighted by Crippen LogP contribution is -2.29. The predicted octanol–water partition coefficient (Wildman–Crippen LogP) is 0.212. The van der Waals surface area contributed by atoms with Gasteiger partial charge in [0.2, 0.25) is 0 Å². The van der Waals surface area contributed by atoms with Crippen molar-refractivity contribution in [3.05, 3.63) is 35.4 Å². The zero-order valence-electron chi connectivity index (χ0n) is 10.3. The number of hydrogen-bond acceptors (Lipinski definition) is 4. The second-order valence-electron chi connectivity index (χ2n) is 3.86. The fraction of sp³-hybridized carbons (Fsp3) is 0.333. The minimum Gasteiger partial charge on any atom is -0.395 e. The van der Waals surface area contributed by atoms with E-state index in [1.54, 1.807) is 7.05 Å². The minimum absolute atomic E-state index is 0.103. The second-order valence-corrected chi connectivity index (χ2v) is 3.86. The van der Waals surface area contributed by atoms with Crippen LogP contribution in [0.5, 0.6) is 0 Å². The molecule has 0 saturated heterocycles. The zero-order valence-corrected chi connectivity index (χ0v) is 10.3. The summed E-state index contributed by atoms with van der Waals surface area (Å²) in [7, 11) is 2.82. The molecule has 1 aromatic rings. The summed E-state index contributed by atoms with van der Waals surface area (Å²) in [6.45, 7) is 0.146. The highest BCUT2D eigenvalue weighted by molar-refractivity contribution is 5.97. The molecule has 0 aromatic heterocycles. The molecular formula is C12H16N2O4. The molecule has 98 valence electrons. The van der Waals surface area contributed by atoms with E-state index >= 15 is 0 Å². The predicted molar refractivity (Wildman–Crippen MR) is 64.4 cm³/mol. The van der Waals surface area contributed by atoms with Crippen LogP contribution in [0.2, 0.25) is 0 Å². The molecule has 18 heavy (non-hydrogen) atoms. The number of benzene rings is 1. The molecule has 0 bridgehead atoms. The van der Waals surface area contributed by atoms with Gasteiger partial charge in [0.1, 0.15) is 0 Å². The number of carbonyl (C=O) groups is 2. The monoisotopic (exact) mass is 252 g/mol. The first kappa shape index (κ1) is 14.1. The molecule has 1 aromatic carbocycles. The lowest BCUT2D eigenvalue weighted by molar-refractivity contribution is -0.0374. The van der Waals surface area contributed by atoms with Gasteiger partial charge in [0, 0.05) is 31.8 Å². The lowest BCUT2D eigenvalue weighted by atomic mass is 10.1. The van der Waals surface area contributed by atoms with Gasteiger partial charge in [-0.2, -0.15) is 0 Å². The van der Waals surface area contributed by atoms with Crippen LogP contribution in [-0.2, 0) is 0 Å². The number of hydrogen-bond donors (Lipinski definition) is 2. The molecular weight excluding hydrogens is 236 g/mol. The van der Waals surface area contributed by atoms with Crippen molar-refractivity contribution in [3.8, 4) is 0 Å². The molecule has 0 aliphatic rings. The zero-order chi connectivity index (χ0) is 13.7. The Morgan fingerprint density at radius 1 is 1.06 bits per heavy atom. The van der Waals surface area contributed by atoms with Crippen LogP contribution in [0.4, 0.5) is 0 Å². The minimum atomic E-state index is -0.544. The second kappa shape index (κ2) is 6.13. The molecule has 0 spiro atoms. The largest absolute Gasteiger partial charge is 0.395 e. The maximum atomic E-state index is 11.8. The van der Waals surface area contributed by atoms with Crippen molar-refractivity contribution < 1.29 is 19.9 Å². The lowest BCUT2D eigenvalue weighted by Gasteiger charge is -2.15. The fourth-order valence-corrected chi connectivity index (χ4v) is 1.41. The van der Waals surface area contributed by atoms with E-state index in [1.807, 2.05) is 0 Å². The molecule has 2 amide bonds. The molecule has 0 atom stereocenters. The van der Waals surface area contributed by atoms with Crippen molar-refractivity contribution >= 4 is 11.8 Å². The van der Waals surface area contributed by atoms with Crippen molar-refractivity contribution in [2.45, 2.75) is 0 Å². The maximum absolute atomic E-state index is 11.8. The van der Waals surface area contributed by atoms with Crippen LogP contribution in [-0.4, -0.2) is 59.3 Å². The molecule has 6 heteroatoms. The Morgan fingerprint density at radius 2 is 1.50 bits per heavy atom. The quantitative estimate of drug-likeness (QED) is 0.593. The Bertz CT molecular complexity index is 428. The summed E-state index contributed by atoms with van der Waals surface area (Å²) in [4.78, 5) is 24.6. The van der Waals surface area contributed by atoms with Crippen molar-refractivity contribution in [1.29, 1.82) is 0 Å². The van der Waals surface area contributed by atoms with E-state index in [1.165, 1.54) is 36.2 Å². The summed E-state index contributed by atoms with van der Waals surface area (Å²) < 4.78 is 0. The van der Waals surface area contributed by atoms with Gasteiger partial charge in [-0.05, 0) is 24.3 Å². The van der Waals surface area contributed by atoms with Crippen molar-refractivity contribution in [3.63, 3.8) is 0 Å². The van der Waals surface area contributed by atoms with Gasteiger partial charge in [-0.15, -0.1) is 0 Å². The molecule has 0 aliphatic carbocycles. The molecule has 0 saturated carbocycles. The molecule has 2 N–H and O–H groups in total. The van der Waals surface area contributed by atoms with Gasteiger partial charge >= 0.3 is 0 Å². The van der Waals surface area contributed by atoms with Crippen LogP contribution in [0.25, 0.3) is 0 Å². The van der Waals surface area contributed by atoms with Gasteiger partial charge in [0.25, 0.3) is 11.8 Å². The van der Waals surface area contributed by atoms with Gasteiger partial charge in [0.15, 0.2) is 0 Å². The van der Waals surface area contributed by atoms with Crippen LogP contribution < -0.4 is 0 Å². The maximum Gasteiger partial charge on any atom is 0.276 e. The molecule has 0 fully saturated rings. The average molecular weight is 252 g/mol. The van der Waals surface area contributed by atoms with Crippen molar-refractivity contribution in [1.82, 2.24) is 9.96 Å². The summed E-state index contributed by atoms with van der Waals surface area (Å²) in [6.07, 6.45) is 0. The van der Waals surface area contributed by atoms with Crippen LogP contribution in [0.15, 0.2) is 24.3 Å². The Morgan fingerprint density at radius 3 is 1.89 bits per heavy atom. The molecule has 6 nitrogen and oxygen atoms in total. The summed E-state index contributed by atoms with van der Waals surface area (Å²) in [5, 5.41) is 18.2. The Hall–Kier alpha value is -1.92. The van der Waals surface area contributed by atoms with E-state index < -0.39 is 5.91 Å². The topological polar surface area (TPSA) is 81.1 Å². The highest BCUT2D eigenvalue weighted by atomic mass is 16.5. The number of likely N-dealkylation sites (N-methyl/N-ethyl adjacent to an activating group) is 1. The first-order valence-corrected chi connectivity index (χ1v) is 5.40. The number of hydroxylamine groups is 2. The summed E-state index contributed by atoms with van der Waals surface area (Å²) in [5.41, 5.74) is 0.712. The van der Waals surface area contributed by atoms with Gasteiger partial charge in [0.05, 0.1) is 6.61 Å². The van der Waals surface area contributed by atoms with E-state index in [-0.39, 0.29) is 19.1 Å². The number of aliphatic hydroxyl groups is 1. The van der Waals surface area contributed by atoms with Crippen molar-refractivity contribution in [2.24, 2.45) is 0 Å². The summed E-state index contributed by atoms with van der Waals surface area (Å²) in [6, 6.07) is 5.95. The highest BCUT2D eigenvalue weighted by Crippen LogP contribution is 2.08. The first-order valence-electron chi connectivity index (χ1n) is 5.40. The normalized spacial score (nSPS) is 10.0. The van der Waals surface area contributed by atoms with Crippen molar-refractivity contribution in [2.75, 3.05) is 27.2 Å². The SMILES string of the molecule is CN(O)C(=O)c1ccc(C(=O)N(C)CCO)cc1. The van der Waals surface area contributed by atoms with E-state index in [0.717, 1.165) is 0 Å². The highest BCUT2D eigenvalue weighted by Gasteiger charge is 2.13. The van der Waals surface area contributed by atoms with Crippen LogP contribution in [0.3, 0.4) is 0 Å². The molecule has 1 rings (SSSR count). The third-order valence-corrected chi connectivity index (χ3v) is 2.45. The number of nitrogens with zero attached hydrogens (tertiary/aromatic N) is 2. The van der Waals surface area contributed by atoms with Crippen LogP contribution in [0, 0.1) is 0 Å². The number of carbonyl (C=O) groups excluding carboxylic acids is 2. The molecule has 0 unspecified atom stereocenters. The third-order valence-electron chi connectivity index (χ3n) is 2.45. The molecule has 0 heterocycles. The number of rotatable bonds is 4. The third kappa shape index (κ3) is 3.28. The Kier molecular flexibility index (Phi) is 4.82. The fourth-order valence-electron chi connectivity index (χ4n) is 1.41. The van der Waals surface area contributed by atoms with Gasteiger partial charge in [-0.1, -0.05) is 0 Å². The first-order chi connectivity index (χ1) is 8.47. The Balaban J connectivity index is 2.83. The molecule has 0 aliphatic heterocycles. The summed E-state index contributed by atoms with van der Waals surface area (Å²) >= 11 is 0. The van der Waals surface area contributed by atoms with E-state index in [2.05, 4.69) is 0 Å². The number of aliphatic hydroxyl groups excluding tert-OH is 1. The van der Waals surface area contributed by atoms with Crippen LogP contribution in [0.1, 0.15) is 20.7 Å². The smallest absolute Gasteiger partial charge is 0.276 e. The molecule has 0 radical (unpaired) electrons. The van der Waals surface area contributed by atoms with Crippen LogP contribution >= 0.6 is 0 Å². The average Bonchev–Trinajstić information content (AvgIpc) is 2.37. The van der Waals surface area contributed by atoms with Gasteiger partial charge < -0.3 is 10.0 Å². The standard InChI is InChI=1S/C12H16N2O4/c1-13(7-8-15)11(16)9-3-5-10(6-4-9)12(17)14(2)18/h3-6,15,18H,7-8H2,1-2H3.